The molecular formula is C23H25N5O4S. The molecule has 0 spiro atoms. The first-order chi connectivity index (χ1) is 15.8. The van der Waals surface area contributed by atoms with Gasteiger partial charge in [0.1, 0.15) is 0 Å². The summed E-state index contributed by atoms with van der Waals surface area (Å²) in [5, 5.41) is 23.6. The number of nitrogens with one attached hydrogen (secondary N) is 2. The van der Waals surface area contributed by atoms with E-state index in [9.17, 15) is 14.4 Å². The van der Waals surface area contributed by atoms with Gasteiger partial charge in [-0.1, -0.05) is 29.5 Å². The van der Waals surface area contributed by atoms with Crippen molar-refractivity contribution in [1.82, 2.24) is 20.1 Å². The second-order valence-corrected chi connectivity index (χ2v) is 8.31. The van der Waals surface area contributed by atoms with Crippen molar-refractivity contribution in [3.05, 3.63) is 71.0 Å². The lowest BCUT2D eigenvalue weighted by Gasteiger charge is -2.15. The number of carboxylic acid groups (broad SMARTS) is 1. The van der Waals surface area contributed by atoms with E-state index in [-0.39, 0.29) is 29.2 Å². The van der Waals surface area contributed by atoms with Crippen molar-refractivity contribution in [3.63, 3.8) is 0 Å². The highest BCUT2D eigenvalue weighted by atomic mass is 32.2. The van der Waals surface area contributed by atoms with E-state index < -0.39 is 5.97 Å². The standard InChI is InChI=1S/C23H25N5O4S/c1-4-28-20(15(3)24-21(30)17-7-5-6-14(2)12-17)26-27-23(28)33-13-19(29)25-18-10-8-16(9-11-18)22(31)32/h5-12,15H,4,13H2,1-3H3,(H,24,30)(H,25,29)(H,31,32)/t15-/m0/s1. The van der Waals surface area contributed by atoms with Crippen LogP contribution in [-0.2, 0) is 11.3 Å². The highest BCUT2D eigenvalue weighted by Gasteiger charge is 2.20. The minimum Gasteiger partial charge on any atom is -0.478 e. The lowest BCUT2D eigenvalue weighted by molar-refractivity contribution is -0.113. The summed E-state index contributed by atoms with van der Waals surface area (Å²) in [6, 6.07) is 12.9. The van der Waals surface area contributed by atoms with Crippen LogP contribution in [0.2, 0.25) is 0 Å². The zero-order valence-corrected chi connectivity index (χ0v) is 19.3. The van der Waals surface area contributed by atoms with Gasteiger partial charge in [-0.25, -0.2) is 4.79 Å². The Kier molecular flexibility index (Phi) is 7.83. The molecule has 3 aromatic rings. The zero-order valence-electron chi connectivity index (χ0n) is 18.5. The Morgan fingerprint density at radius 1 is 1.09 bits per heavy atom. The molecule has 0 saturated heterocycles. The van der Waals surface area contributed by atoms with E-state index in [1.807, 2.05) is 43.5 Å². The maximum atomic E-state index is 12.6. The molecule has 0 unspecified atom stereocenters. The molecule has 1 aromatic heterocycles. The molecule has 172 valence electrons. The van der Waals surface area contributed by atoms with Crippen molar-refractivity contribution in [1.29, 1.82) is 0 Å². The Labute approximate surface area is 195 Å². The third-order valence-corrected chi connectivity index (χ3v) is 5.79. The normalized spacial score (nSPS) is 11.6. The molecule has 0 radical (unpaired) electrons. The maximum absolute atomic E-state index is 12.6. The number of benzene rings is 2. The summed E-state index contributed by atoms with van der Waals surface area (Å²) < 4.78 is 1.86. The number of thioether (sulfide) groups is 1. The number of aromatic nitrogens is 3. The second-order valence-electron chi connectivity index (χ2n) is 7.37. The Morgan fingerprint density at radius 2 is 1.82 bits per heavy atom. The predicted molar refractivity (Wildman–Crippen MR) is 126 cm³/mol. The first-order valence-corrected chi connectivity index (χ1v) is 11.3. The summed E-state index contributed by atoms with van der Waals surface area (Å²) in [5.41, 5.74) is 2.24. The summed E-state index contributed by atoms with van der Waals surface area (Å²) in [7, 11) is 0. The van der Waals surface area contributed by atoms with Crippen molar-refractivity contribution < 1.29 is 19.5 Å². The first-order valence-electron chi connectivity index (χ1n) is 10.3. The third kappa shape index (κ3) is 6.19. The molecule has 0 aliphatic heterocycles. The molecule has 33 heavy (non-hydrogen) atoms. The molecule has 10 heteroatoms. The van der Waals surface area contributed by atoms with Crippen LogP contribution in [0.5, 0.6) is 0 Å². The van der Waals surface area contributed by atoms with Crippen molar-refractivity contribution in [2.45, 2.75) is 38.5 Å². The average molecular weight is 468 g/mol. The largest absolute Gasteiger partial charge is 0.478 e. The minimum atomic E-state index is -1.03. The number of carboxylic acids is 1. The Hall–Kier alpha value is -3.66. The average Bonchev–Trinajstić information content (AvgIpc) is 3.21. The number of aryl methyl sites for hydroxylation is 1. The van der Waals surface area contributed by atoms with Gasteiger partial charge in [-0.2, -0.15) is 0 Å². The van der Waals surface area contributed by atoms with Crippen LogP contribution in [0.25, 0.3) is 0 Å². The summed E-state index contributed by atoms with van der Waals surface area (Å²) in [4.78, 5) is 35.8. The Bertz CT molecular complexity index is 1160. The number of nitrogens with zero attached hydrogens (tertiary/aromatic N) is 3. The smallest absolute Gasteiger partial charge is 0.335 e. The van der Waals surface area contributed by atoms with E-state index >= 15 is 0 Å². The predicted octanol–water partition coefficient (Wildman–Crippen LogP) is 3.53. The molecule has 0 bridgehead atoms. The number of aromatic carboxylic acids is 1. The first kappa shape index (κ1) is 24.0. The van der Waals surface area contributed by atoms with Gasteiger partial charge < -0.3 is 20.3 Å². The van der Waals surface area contributed by atoms with Crippen LogP contribution in [0.1, 0.15) is 52.0 Å². The van der Waals surface area contributed by atoms with Gasteiger partial charge in [0.05, 0.1) is 17.4 Å². The van der Waals surface area contributed by atoms with Crippen molar-refractivity contribution >= 4 is 35.2 Å². The van der Waals surface area contributed by atoms with Gasteiger partial charge in [0.2, 0.25) is 5.91 Å². The van der Waals surface area contributed by atoms with Crippen LogP contribution in [0.3, 0.4) is 0 Å². The highest BCUT2D eigenvalue weighted by molar-refractivity contribution is 7.99. The molecule has 2 aromatic carbocycles. The van der Waals surface area contributed by atoms with Crippen LogP contribution in [0.15, 0.2) is 53.7 Å². The zero-order chi connectivity index (χ0) is 24.0. The molecular weight excluding hydrogens is 442 g/mol. The second kappa shape index (κ2) is 10.8. The van der Waals surface area contributed by atoms with Crippen molar-refractivity contribution in [2.75, 3.05) is 11.1 Å². The topological polar surface area (TPSA) is 126 Å². The van der Waals surface area contributed by atoms with Crippen LogP contribution >= 0.6 is 11.8 Å². The lowest BCUT2D eigenvalue weighted by atomic mass is 10.1. The molecule has 0 aliphatic carbocycles. The van der Waals surface area contributed by atoms with E-state index in [0.29, 0.717) is 28.8 Å². The highest BCUT2D eigenvalue weighted by Crippen LogP contribution is 2.21. The molecule has 3 N–H and O–H groups in total. The number of rotatable bonds is 9. The number of anilines is 1. The molecule has 1 heterocycles. The Balaban J connectivity index is 1.60. The molecule has 0 saturated carbocycles. The van der Waals surface area contributed by atoms with Crippen LogP contribution in [0, 0.1) is 6.92 Å². The van der Waals surface area contributed by atoms with Crippen molar-refractivity contribution in [3.8, 4) is 0 Å². The van der Waals surface area contributed by atoms with Gasteiger partial charge in [0, 0.05) is 17.8 Å². The SMILES string of the molecule is CCn1c(SCC(=O)Nc2ccc(C(=O)O)cc2)nnc1[C@H](C)NC(=O)c1cccc(C)c1. The van der Waals surface area contributed by atoms with E-state index in [0.717, 1.165) is 5.56 Å². The van der Waals surface area contributed by atoms with E-state index in [1.165, 1.54) is 36.0 Å². The van der Waals surface area contributed by atoms with Gasteiger partial charge in [-0.3, -0.25) is 9.59 Å². The maximum Gasteiger partial charge on any atom is 0.335 e. The van der Waals surface area contributed by atoms with Gasteiger partial charge in [-0.15, -0.1) is 10.2 Å². The summed E-state index contributed by atoms with van der Waals surface area (Å²) in [5.74, 6) is -0.772. The van der Waals surface area contributed by atoms with Gasteiger partial charge in [-0.05, 0) is 57.2 Å². The van der Waals surface area contributed by atoms with Gasteiger partial charge >= 0.3 is 5.97 Å². The number of carbonyl (C=O) groups is 3. The van der Waals surface area contributed by atoms with E-state index in [4.69, 9.17) is 5.11 Å². The van der Waals surface area contributed by atoms with Crippen LogP contribution in [-0.4, -0.2) is 43.4 Å². The number of hydrogen-bond acceptors (Lipinski definition) is 6. The van der Waals surface area contributed by atoms with Crippen LogP contribution in [0.4, 0.5) is 5.69 Å². The van der Waals surface area contributed by atoms with Gasteiger partial charge in [0.15, 0.2) is 11.0 Å². The minimum absolute atomic E-state index is 0.100. The van der Waals surface area contributed by atoms with Gasteiger partial charge in [0.25, 0.3) is 5.91 Å². The summed E-state index contributed by atoms with van der Waals surface area (Å²) in [6.07, 6.45) is 0. The van der Waals surface area contributed by atoms with E-state index in [1.54, 1.807) is 6.07 Å². The number of amides is 2. The number of carbonyl (C=O) groups excluding carboxylic acids is 2. The molecule has 0 aliphatic rings. The lowest BCUT2D eigenvalue weighted by Crippen LogP contribution is -2.28. The van der Waals surface area contributed by atoms with Crippen molar-refractivity contribution in [2.24, 2.45) is 0 Å². The fourth-order valence-corrected chi connectivity index (χ4v) is 3.99. The van der Waals surface area contributed by atoms with E-state index in [2.05, 4.69) is 20.8 Å². The molecule has 1 atom stereocenters. The van der Waals surface area contributed by atoms with Crippen LogP contribution < -0.4 is 10.6 Å². The molecule has 3 rings (SSSR count). The fraction of sp³-hybridized carbons (Fsp3) is 0.261. The molecule has 2 amide bonds. The molecule has 9 nitrogen and oxygen atoms in total. The monoisotopic (exact) mass is 467 g/mol. The molecule has 0 fully saturated rings. The third-order valence-electron chi connectivity index (χ3n) is 4.82. The summed E-state index contributed by atoms with van der Waals surface area (Å²) >= 11 is 1.23. The summed E-state index contributed by atoms with van der Waals surface area (Å²) in [6.45, 7) is 6.29. The fourth-order valence-electron chi connectivity index (χ4n) is 3.18. The Morgan fingerprint density at radius 3 is 2.45 bits per heavy atom. The quantitative estimate of drug-likeness (QED) is 0.411. The number of hydrogen-bond donors (Lipinski definition) is 3.